The minimum absolute atomic E-state index is 0.0476. The molecule has 10 nitrogen and oxygen atoms in total. The third kappa shape index (κ3) is 6.83. The molecule has 3 heterocycles. The van der Waals surface area contributed by atoms with Gasteiger partial charge >= 0.3 is 5.69 Å². The van der Waals surface area contributed by atoms with Crippen molar-refractivity contribution in [3.05, 3.63) is 88.1 Å². The average molecular weight is 590 g/mol. The number of carbonyl (C=O) groups is 1. The first kappa shape index (κ1) is 31.6. The van der Waals surface area contributed by atoms with Crippen LogP contribution in [0, 0.1) is 0 Å². The number of hydrogen-bond donors (Lipinski definition) is 1. The summed E-state index contributed by atoms with van der Waals surface area (Å²) in [4.78, 5) is 49.1. The van der Waals surface area contributed by atoms with Gasteiger partial charge in [-0.15, -0.1) is 0 Å². The average Bonchev–Trinajstić information content (AvgIpc) is 2.98. The van der Waals surface area contributed by atoms with Crippen LogP contribution in [-0.4, -0.2) is 63.1 Å². The molecule has 228 valence electrons. The minimum Gasteiger partial charge on any atom is -0.350 e. The van der Waals surface area contributed by atoms with Crippen molar-refractivity contribution < 1.29 is 14.0 Å². The van der Waals surface area contributed by atoms with Gasteiger partial charge in [0.05, 0.1) is 29.7 Å². The van der Waals surface area contributed by atoms with Crippen molar-refractivity contribution in [2.24, 2.45) is 0 Å². The Bertz CT molecular complexity index is 1530. The van der Waals surface area contributed by atoms with Gasteiger partial charge in [0.1, 0.15) is 23.8 Å². The number of carbonyl (C=O) groups excluding carboxylic acids is 1. The lowest BCUT2D eigenvalue weighted by molar-refractivity contribution is -0.126. The molecule has 1 aliphatic heterocycles. The smallest absolute Gasteiger partial charge is 0.350 e. The summed E-state index contributed by atoms with van der Waals surface area (Å²) in [5, 5.41) is 0. The molecule has 1 saturated heterocycles. The number of rotatable bonds is 10. The summed E-state index contributed by atoms with van der Waals surface area (Å²) in [6.07, 6.45) is 4.23. The van der Waals surface area contributed by atoms with Crippen molar-refractivity contribution in [3.63, 3.8) is 0 Å². The number of benzene rings is 1. The number of anilines is 2. The fraction of sp³-hybridized carbons (Fsp3) is 0.406. The number of nitrogens with one attached hydrogen (secondary N) is 1. The van der Waals surface area contributed by atoms with E-state index >= 15 is 4.39 Å². The van der Waals surface area contributed by atoms with Crippen molar-refractivity contribution in [1.82, 2.24) is 24.4 Å². The molecule has 43 heavy (non-hydrogen) atoms. The largest absolute Gasteiger partial charge is 0.355 e. The Morgan fingerprint density at radius 2 is 1.79 bits per heavy atom. The zero-order valence-electron chi connectivity index (χ0n) is 25.7. The molecular weight excluding hydrogens is 549 g/mol. The van der Waals surface area contributed by atoms with Crippen LogP contribution in [0.2, 0.25) is 0 Å². The molecule has 4 rings (SSSR count). The first-order chi connectivity index (χ1) is 20.6. The summed E-state index contributed by atoms with van der Waals surface area (Å²) in [6, 6.07) is 9.07. The second-order valence-electron chi connectivity index (χ2n) is 11.2. The van der Waals surface area contributed by atoms with Crippen molar-refractivity contribution in [1.29, 1.82) is 0 Å². The van der Waals surface area contributed by atoms with Gasteiger partial charge in [0.2, 0.25) is 5.91 Å². The maximum Gasteiger partial charge on any atom is 0.355 e. The van der Waals surface area contributed by atoms with Crippen LogP contribution in [0.3, 0.4) is 0 Å². The summed E-state index contributed by atoms with van der Waals surface area (Å²) in [5.74, 6) is -0.211. The number of piperazine rings is 1. The molecule has 1 amide bonds. The number of halogens is 1. The lowest BCUT2D eigenvalue weighted by atomic mass is 10.0. The lowest BCUT2D eigenvalue weighted by Gasteiger charge is -2.41. The van der Waals surface area contributed by atoms with Crippen LogP contribution in [0.5, 0.6) is 0 Å². The van der Waals surface area contributed by atoms with E-state index in [1.54, 1.807) is 4.90 Å². The highest BCUT2D eigenvalue weighted by atomic mass is 19.1. The first-order valence-corrected chi connectivity index (χ1v) is 14.5. The van der Waals surface area contributed by atoms with E-state index in [1.165, 1.54) is 30.2 Å². The van der Waals surface area contributed by atoms with Gasteiger partial charge in [0, 0.05) is 32.1 Å². The van der Waals surface area contributed by atoms with Crippen LogP contribution >= 0.6 is 0 Å². The highest BCUT2D eigenvalue weighted by molar-refractivity contribution is 5.87. The molecule has 1 aromatic carbocycles. The van der Waals surface area contributed by atoms with Crippen molar-refractivity contribution in [2.45, 2.75) is 58.9 Å². The number of allylic oxidation sites excluding steroid dienone is 1. The Kier molecular flexibility index (Phi) is 10.1. The summed E-state index contributed by atoms with van der Waals surface area (Å²) in [7, 11) is 1.43. The molecule has 1 aliphatic rings. The van der Waals surface area contributed by atoms with E-state index in [4.69, 9.17) is 4.84 Å². The van der Waals surface area contributed by atoms with Crippen molar-refractivity contribution >= 4 is 23.6 Å². The summed E-state index contributed by atoms with van der Waals surface area (Å²) in [5.41, 5.74) is 5.20. The molecule has 1 N–H and O–H groups in total. The standard InChI is InChI=1S/C32H40FN7O3/c1-8-26(41)38-14-15-39(22(6)18-38)30-25(17-24(33)16-23-12-10-9-11-13-23)31(37-43-7)40(32(42)36-30)29-27(20(2)3)34-19-35-28(29)21(4)5/h8-13,17,19-22,37H,1,14-16,18H2,2-7H3/b24-17+. The lowest BCUT2D eigenvalue weighted by Crippen LogP contribution is -2.54. The van der Waals surface area contributed by atoms with Crippen molar-refractivity contribution in [2.75, 3.05) is 37.1 Å². The van der Waals surface area contributed by atoms with E-state index in [2.05, 4.69) is 27.0 Å². The van der Waals surface area contributed by atoms with Gasteiger partial charge in [-0.1, -0.05) is 64.6 Å². The maximum atomic E-state index is 15.9. The van der Waals surface area contributed by atoms with E-state index in [1.807, 2.05) is 69.9 Å². The number of aromatic nitrogens is 4. The molecule has 1 unspecified atom stereocenters. The second kappa shape index (κ2) is 13.7. The normalized spacial score (nSPS) is 15.7. The molecule has 0 aliphatic carbocycles. The monoisotopic (exact) mass is 589 g/mol. The molecule has 2 aromatic heterocycles. The van der Waals surface area contributed by atoms with Crippen LogP contribution in [0.15, 0.2) is 59.9 Å². The SMILES string of the molecule is C=CC(=O)N1CCN(c2nc(=O)n(-c3c(C(C)C)ncnc3C(C)C)c(NOC)c2/C=C(/F)Cc2ccccc2)C(C)C1. The van der Waals surface area contributed by atoms with Crippen LogP contribution < -0.4 is 16.1 Å². The van der Waals surface area contributed by atoms with E-state index in [0.717, 1.165) is 5.56 Å². The zero-order chi connectivity index (χ0) is 31.3. The Morgan fingerprint density at radius 1 is 1.14 bits per heavy atom. The number of nitrogens with zero attached hydrogens (tertiary/aromatic N) is 6. The van der Waals surface area contributed by atoms with Crippen LogP contribution in [-0.2, 0) is 16.1 Å². The Balaban J connectivity index is 2.00. The summed E-state index contributed by atoms with van der Waals surface area (Å²) < 4.78 is 17.3. The fourth-order valence-corrected chi connectivity index (χ4v) is 5.36. The number of hydrogen-bond acceptors (Lipinski definition) is 8. The first-order valence-electron chi connectivity index (χ1n) is 14.5. The predicted molar refractivity (Wildman–Crippen MR) is 167 cm³/mol. The van der Waals surface area contributed by atoms with Gasteiger partial charge < -0.3 is 9.80 Å². The maximum absolute atomic E-state index is 15.9. The van der Waals surface area contributed by atoms with Crippen LogP contribution in [0.1, 0.15) is 69.0 Å². The van der Waals surface area contributed by atoms with E-state index < -0.39 is 11.5 Å². The summed E-state index contributed by atoms with van der Waals surface area (Å²) >= 11 is 0. The van der Waals surface area contributed by atoms with Crippen LogP contribution in [0.25, 0.3) is 11.8 Å². The topological polar surface area (TPSA) is 105 Å². The highest BCUT2D eigenvalue weighted by Crippen LogP contribution is 2.35. The molecule has 0 bridgehead atoms. The fourth-order valence-electron chi connectivity index (χ4n) is 5.36. The summed E-state index contributed by atoms with van der Waals surface area (Å²) in [6.45, 7) is 14.6. The zero-order valence-corrected chi connectivity index (χ0v) is 25.7. The molecule has 0 saturated carbocycles. The van der Waals surface area contributed by atoms with Gasteiger partial charge in [-0.3, -0.25) is 9.63 Å². The van der Waals surface area contributed by atoms with Crippen LogP contribution in [0.4, 0.5) is 16.0 Å². The molecule has 1 fully saturated rings. The second-order valence-corrected chi connectivity index (χ2v) is 11.2. The van der Waals surface area contributed by atoms with E-state index in [9.17, 15) is 9.59 Å². The van der Waals surface area contributed by atoms with Gasteiger partial charge in [0.15, 0.2) is 0 Å². The van der Waals surface area contributed by atoms with E-state index in [0.29, 0.717) is 42.3 Å². The van der Waals surface area contributed by atoms with Gasteiger partial charge in [-0.25, -0.2) is 29.2 Å². The molecule has 3 aromatic rings. The van der Waals surface area contributed by atoms with E-state index in [-0.39, 0.29) is 41.8 Å². The van der Waals surface area contributed by atoms with Gasteiger partial charge in [0.25, 0.3) is 0 Å². The third-order valence-corrected chi connectivity index (χ3v) is 7.41. The highest BCUT2D eigenvalue weighted by Gasteiger charge is 2.32. The quantitative estimate of drug-likeness (QED) is 0.260. The molecule has 0 radical (unpaired) electrons. The molecular formula is C32H40FN7O3. The number of amides is 1. The minimum atomic E-state index is -0.592. The molecule has 0 spiro atoms. The third-order valence-electron chi connectivity index (χ3n) is 7.41. The van der Waals surface area contributed by atoms with Crippen molar-refractivity contribution in [3.8, 4) is 5.69 Å². The molecule has 1 atom stereocenters. The molecule has 11 heteroatoms. The van der Waals surface area contributed by atoms with Gasteiger partial charge in [-0.2, -0.15) is 4.98 Å². The predicted octanol–water partition coefficient (Wildman–Crippen LogP) is 5.02. The Labute approximate surface area is 251 Å². The Hall–Kier alpha value is -4.38. The Morgan fingerprint density at radius 3 is 2.35 bits per heavy atom. The van der Waals surface area contributed by atoms with Gasteiger partial charge in [-0.05, 0) is 36.5 Å².